The van der Waals surface area contributed by atoms with Gasteiger partial charge in [0, 0.05) is 29.1 Å². The van der Waals surface area contributed by atoms with Gasteiger partial charge in [0.1, 0.15) is 11.8 Å². The molecular weight excluding hydrogens is 483 g/mol. The summed E-state index contributed by atoms with van der Waals surface area (Å²) in [6, 6.07) is 8.39. The number of methoxy groups -OCH3 is 2. The van der Waals surface area contributed by atoms with Gasteiger partial charge in [-0.1, -0.05) is 0 Å². The van der Waals surface area contributed by atoms with Crippen LogP contribution in [0, 0.1) is 0 Å². The summed E-state index contributed by atoms with van der Waals surface area (Å²) in [5.74, 6) is 3.14. The third-order valence-electron chi connectivity index (χ3n) is 6.09. The molecule has 1 N–H and O–H groups in total. The van der Waals surface area contributed by atoms with Crippen molar-refractivity contribution in [3.05, 3.63) is 47.2 Å². The van der Waals surface area contributed by atoms with Gasteiger partial charge in [-0.3, -0.25) is 0 Å². The number of hydrogen-bond acceptors (Lipinski definition) is 4. The average Bonchev–Trinajstić information content (AvgIpc) is 3.32. The maximum Gasteiger partial charge on any atom is 0.231 e. The van der Waals surface area contributed by atoms with Crippen LogP contribution in [-0.4, -0.2) is 51.1 Å². The van der Waals surface area contributed by atoms with E-state index in [0.29, 0.717) is 5.75 Å². The van der Waals surface area contributed by atoms with Crippen molar-refractivity contribution in [2.45, 2.75) is 12.5 Å². The number of likely N-dealkylation sites (N-methyl/N-ethyl adjacent to an activating group) is 1. The number of aromatic nitrogens is 1. The van der Waals surface area contributed by atoms with Crippen LogP contribution in [0.5, 0.6) is 23.0 Å². The summed E-state index contributed by atoms with van der Waals surface area (Å²) in [5, 5.41) is 1.17. The van der Waals surface area contributed by atoms with Gasteiger partial charge in [-0.15, -0.1) is 0 Å². The van der Waals surface area contributed by atoms with Crippen LogP contribution in [0.15, 0.2) is 30.5 Å². The Morgan fingerprint density at radius 2 is 1.93 bits per heavy atom. The average molecular weight is 508 g/mol. The smallest absolute Gasteiger partial charge is 0.231 e. The Hall–Kier alpha value is -2.13. The number of benzene rings is 2. The molecule has 0 spiro atoms. The summed E-state index contributed by atoms with van der Waals surface area (Å²) in [4.78, 5) is 3.43. The molecule has 29 heavy (non-hydrogen) atoms. The lowest BCUT2D eigenvalue weighted by Gasteiger charge is -2.43. The first kappa shape index (κ1) is 20.2. The first-order valence-corrected chi connectivity index (χ1v) is 9.50. The molecule has 3 heterocycles. The summed E-state index contributed by atoms with van der Waals surface area (Å²) in [5.41, 5.74) is 4.78. The summed E-state index contributed by atoms with van der Waals surface area (Å²) < 4.78 is 23.6. The monoisotopic (exact) mass is 508 g/mol. The van der Waals surface area contributed by atoms with Gasteiger partial charge in [-0.2, -0.15) is 0 Å². The lowest BCUT2D eigenvalue weighted by atomic mass is 9.85. The molecule has 3 aromatic rings. The second kappa shape index (κ2) is 7.28. The largest absolute Gasteiger partial charge is 1.00 e. The second-order valence-electron chi connectivity index (χ2n) is 8.03. The van der Waals surface area contributed by atoms with Gasteiger partial charge in [-0.05, 0) is 29.8 Å². The number of hydrogen-bond donors (Lipinski definition) is 1. The summed E-state index contributed by atoms with van der Waals surface area (Å²) in [6.07, 6.45) is 3.09. The van der Waals surface area contributed by atoms with Crippen molar-refractivity contribution >= 4 is 10.9 Å². The minimum atomic E-state index is 0. The maximum absolute atomic E-state index is 5.88. The topological polar surface area (TPSA) is 52.7 Å². The number of nitrogens with zero attached hydrogens (tertiary/aromatic N) is 1. The Balaban J connectivity index is 0.00000205. The SMILES string of the molecule is COc1ccc2[nH]cc(C3c4c(cc5c(c4OC)OCO5)CC[N+]3(C)C)c2c1.[I-]. The number of fused-ring (bicyclic) bond motifs is 3. The van der Waals surface area contributed by atoms with Crippen molar-refractivity contribution in [2.24, 2.45) is 0 Å². The highest BCUT2D eigenvalue weighted by atomic mass is 127. The molecule has 7 heteroatoms. The van der Waals surface area contributed by atoms with Crippen molar-refractivity contribution in [3.63, 3.8) is 0 Å². The Kier molecular flexibility index (Phi) is 5.06. The molecule has 1 atom stereocenters. The van der Waals surface area contributed by atoms with Crippen LogP contribution in [0.1, 0.15) is 22.7 Å². The molecule has 0 amide bonds. The van der Waals surface area contributed by atoms with E-state index >= 15 is 0 Å². The minimum Gasteiger partial charge on any atom is -1.00 e. The van der Waals surface area contributed by atoms with Crippen molar-refractivity contribution in [1.82, 2.24) is 4.98 Å². The fourth-order valence-electron chi connectivity index (χ4n) is 4.68. The van der Waals surface area contributed by atoms with E-state index in [1.807, 2.05) is 6.07 Å². The van der Waals surface area contributed by atoms with Crippen LogP contribution in [0.4, 0.5) is 0 Å². The third-order valence-corrected chi connectivity index (χ3v) is 6.09. The molecule has 1 unspecified atom stereocenters. The lowest BCUT2D eigenvalue weighted by Crippen LogP contribution is -3.00. The Bertz CT molecular complexity index is 1080. The fraction of sp³-hybridized carbons (Fsp3) is 0.364. The third kappa shape index (κ3) is 3.02. The maximum atomic E-state index is 5.88. The van der Waals surface area contributed by atoms with Crippen LogP contribution in [0.3, 0.4) is 0 Å². The number of nitrogens with one attached hydrogen (secondary N) is 1. The standard InChI is InChI=1S/C22H25N2O4.HI/c1-24(2)8-7-13-9-18-21(28-12-27-18)22(26-4)19(13)20(24)16-11-23-17-6-5-14(25-3)10-15(16)17;/h5-6,9-11,20,23H,7-8,12H2,1-4H3;1H/q+1;/p-1. The number of rotatable bonds is 3. The molecule has 0 saturated carbocycles. The van der Waals surface area contributed by atoms with Gasteiger partial charge in [0.2, 0.25) is 12.5 Å². The highest BCUT2D eigenvalue weighted by molar-refractivity contribution is 5.86. The second-order valence-corrected chi connectivity index (χ2v) is 8.03. The normalized spacial score (nSPS) is 18.8. The van der Waals surface area contributed by atoms with E-state index in [-0.39, 0.29) is 36.8 Å². The minimum absolute atomic E-state index is 0. The van der Waals surface area contributed by atoms with Gasteiger partial charge in [0.15, 0.2) is 11.5 Å². The number of ether oxygens (including phenoxy) is 4. The number of aromatic amines is 1. The van der Waals surface area contributed by atoms with Crippen molar-refractivity contribution < 1.29 is 47.4 Å². The van der Waals surface area contributed by atoms with Crippen LogP contribution < -0.4 is 42.9 Å². The molecule has 2 aliphatic rings. The van der Waals surface area contributed by atoms with Crippen molar-refractivity contribution in [3.8, 4) is 23.0 Å². The van der Waals surface area contributed by atoms with Gasteiger partial charge < -0.3 is 52.4 Å². The quantitative estimate of drug-likeness (QED) is 0.417. The van der Waals surface area contributed by atoms with Gasteiger partial charge >= 0.3 is 0 Å². The first-order chi connectivity index (χ1) is 13.5. The Morgan fingerprint density at radius 1 is 1.10 bits per heavy atom. The van der Waals surface area contributed by atoms with Crippen LogP contribution in [0.25, 0.3) is 10.9 Å². The summed E-state index contributed by atoms with van der Waals surface area (Å²) >= 11 is 0. The van der Waals surface area contributed by atoms with E-state index in [4.69, 9.17) is 18.9 Å². The lowest BCUT2D eigenvalue weighted by molar-refractivity contribution is -0.917. The van der Waals surface area contributed by atoms with E-state index in [9.17, 15) is 0 Å². The van der Waals surface area contributed by atoms with Crippen LogP contribution >= 0.6 is 0 Å². The molecule has 0 bridgehead atoms. The number of quaternary nitrogens is 1. The molecule has 154 valence electrons. The van der Waals surface area contributed by atoms with Gasteiger partial charge in [0.25, 0.3) is 0 Å². The van der Waals surface area contributed by atoms with Crippen LogP contribution in [-0.2, 0) is 6.42 Å². The highest BCUT2D eigenvalue weighted by Crippen LogP contribution is 2.53. The predicted molar refractivity (Wildman–Crippen MR) is 106 cm³/mol. The Labute approximate surface area is 187 Å². The molecule has 5 rings (SSSR count). The Morgan fingerprint density at radius 3 is 2.69 bits per heavy atom. The highest BCUT2D eigenvalue weighted by Gasteiger charge is 2.43. The molecule has 0 fully saturated rings. The molecule has 0 aliphatic carbocycles. The summed E-state index contributed by atoms with van der Waals surface area (Å²) in [7, 11) is 7.96. The van der Waals surface area contributed by atoms with Crippen molar-refractivity contribution in [2.75, 3.05) is 41.7 Å². The number of halogens is 1. The molecule has 6 nitrogen and oxygen atoms in total. The zero-order valence-corrected chi connectivity index (χ0v) is 19.2. The zero-order chi connectivity index (χ0) is 19.5. The van der Waals surface area contributed by atoms with Gasteiger partial charge in [-0.25, -0.2) is 0 Å². The first-order valence-electron chi connectivity index (χ1n) is 9.50. The van der Waals surface area contributed by atoms with Crippen LogP contribution in [0.2, 0.25) is 0 Å². The molecule has 2 aliphatic heterocycles. The molecule has 0 saturated heterocycles. The molecule has 2 aromatic carbocycles. The molecule has 1 aromatic heterocycles. The summed E-state index contributed by atoms with van der Waals surface area (Å²) in [6.45, 7) is 1.26. The van der Waals surface area contributed by atoms with Crippen molar-refractivity contribution in [1.29, 1.82) is 0 Å². The molecular formula is C22H25IN2O4. The number of H-pyrrole nitrogens is 1. The van der Waals surface area contributed by atoms with E-state index in [2.05, 4.69) is 43.5 Å². The van der Waals surface area contributed by atoms with E-state index in [0.717, 1.165) is 40.2 Å². The molecule has 0 radical (unpaired) electrons. The van der Waals surface area contributed by atoms with Gasteiger partial charge in [0.05, 0.1) is 40.4 Å². The predicted octanol–water partition coefficient (Wildman–Crippen LogP) is 0.640. The van der Waals surface area contributed by atoms with E-state index in [1.54, 1.807) is 14.2 Å². The fourth-order valence-corrected chi connectivity index (χ4v) is 4.68. The van der Waals surface area contributed by atoms with E-state index < -0.39 is 0 Å². The zero-order valence-electron chi connectivity index (χ0n) is 17.0. The van der Waals surface area contributed by atoms with E-state index in [1.165, 1.54) is 22.1 Å².